The normalized spacial score (nSPS) is 12.4. The molecule has 166 valence electrons. The third-order valence-corrected chi connectivity index (χ3v) is 6.05. The number of aromatic nitrogens is 6. The van der Waals surface area contributed by atoms with Crippen molar-refractivity contribution in [3.63, 3.8) is 0 Å². The first-order valence-electron chi connectivity index (χ1n) is 9.62. The van der Waals surface area contributed by atoms with Crippen LogP contribution in [0, 0.1) is 5.82 Å². The first-order chi connectivity index (χ1) is 15.9. The van der Waals surface area contributed by atoms with Crippen molar-refractivity contribution in [3.8, 4) is 5.69 Å². The van der Waals surface area contributed by atoms with Crippen LogP contribution in [0.25, 0.3) is 27.8 Å². The number of H-pyrrole nitrogens is 1. The molecule has 0 saturated heterocycles. The first-order valence-corrected chi connectivity index (χ1v) is 10.8. The SMILES string of the molecule is CC(Nc1ncnc2[nH]cnc12)c1nc2ccc(F)c(Cl)c2c(=O)n1-c1c(Cl)cccc1Cl. The molecule has 33 heavy (non-hydrogen) atoms. The summed E-state index contributed by atoms with van der Waals surface area (Å²) in [6, 6.07) is 6.79. The van der Waals surface area contributed by atoms with E-state index in [-0.39, 0.29) is 37.5 Å². The highest BCUT2D eigenvalue weighted by Gasteiger charge is 2.24. The summed E-state index contributed by atoms with van der Waals surface area (Å²) >= 11 is 19.0. The third kappa shape index (κ3) is 3.58. The number of imidazole rings is 1. The first kappa shape index (κ1) is 21.6. The van der Waals surface area contributed by atoms with Crippen LogP contribution in [0.1, 0.15) is 18.8 Å². The van der Waals surface area contributed by atoms with Gasteiger partial charge in [-0.2, -0.15) is 0 Å². The molecule has 8 nitrogen and oxygen atoms in total. The van der Waals surface area contributed by atoms with Crippen LogP contribution in [0.15, 0.2) is 47.8 Å². The number of aromatic amines is 1. The van der Waals surface area contributed by atoms with Crippen molar-refractivity contribution in [2.24, 2.45) is 0 Å². The fourth-order valence-corrected chi connectivity index (χ4v) is 4.38. The summed E-state index contributed by atoms with van der Waals surface area (Å²) in [6.07, 6.45) is 2.88. The van der Waals surface area contributed by atoms with E-state index in [1.165, 1.54) is 23.3 Å². The molecule has 12 heteroatoms. The number of hydrogen-bond acceptors (Lipinski definition) is 6. The Balaban J connectivity index is 1.78. The fourth-order valence-electron chi connectivity index (χ4n) is 3.58. The molecule has 0 bridgehead atoms. The van der Waals surface area contributed by atoms with Crippen LogP contribution in [-0.2, 0) is 0 Å². The maximum atomic E-state index is 14.2. The standard InChI is InChI=1S/C21H13Cl3FN7O/c1-9(30-19-16-18(27-7-26-16)28-8-29-19)20-31-13-6-5-12(25)15(24)14(13)21(33)32(20)17-10(22)3-2-4-11(17)23/h2-9H,1H3,(H2,26,27,28,29,30). The van der Waals surface area contributed by atoms with Gasteiger partial charge in [0, 0.05) is 0 Å². The van der Waals surface area contributed by atoms with Crippen molar-refractivity contribution in [3.05, 3.63) is 80.0 Å². The predicted octanol–water partition coefficient (Wildman–Crippen LogP) is 5.32. The lowest BCUT2D eigenvalue weighted by Crippen LogP contribution is -2.28. The minimum atomic E-state index is -0.735. The number of anilines is 1. The molecule has 3 heterocycles. The number of benzene rings is 2. The van der Waals surface area contributed by atoms with E-state index in [1.54, 1.807) is 25.1 Å². The van der Waals surface area contributed by atoms with Crippen molar-refractivity contribution in [1.29, 1.82) is 0 Å². The van der Waals surface area contributed by atoms with Gasteiger partial charge in [-0.05, 0) is 31.2 Å². The van der Waals surface area contributed by atoms with Gasteiger partial charge in [0.05, 0.1) is 44.0 Å². The summed E-state index contributed by atoms with van der Waals surface area (Å²) in [5.74, 6) is -0.0507. The summed E-state index contributed by atoms with van der Waals surface area (Å²) in [5.41, 5.74) is 0.870. The van der Waals surface area contributed by atoms with Gasteiger partial charge < -0.3 is 10.3 Å². The highest BCUT2D eigenvalue weighted by atomic mass is 35.5. The second kappa shape index (κ2) is 8.26. The number of para-hydroxylation sites is 1. The molecule has 0 saturated carbocycles. The summed E-state index contributed by atoms with van der Waals surface area (Å²) in [4.78, 5) is 33.8. The Kier molecular flexibility index (Phi) is 5.40. The molecular weight excluding hydrogens is 492 g/mol. The number of halogens is 4. The Morgan fingerprint density at radius 2 is 1.85 bits per heavy atom. The van der Waals surface area contributed by atoms with Crippen LogP contribution >= 0.6 is 34.8 Å². The minimum Gasteiger partial charge on any atom is -0.358 e. The lowest BCUT2D eigenvalue weighted by Gasteiger charge is -2.21. The van der Waals surface area contributed by atoms with Crippen LogP contribution in [-0.4, -0.2) is 29.5 Å². The fraction of sp³-hybridized carbons (Fsp3) is 0.0952. The van der Waals surface area contributed by atoms with Gasteiger partial charge in [0.2, 0.25) is 0 Å². The van der Waals surface area contributed by atoms with Gasteiger partial charge in [-0.15, -0.1) is 0 Å². The summed E-state index contributed by atoms with van der Waals surface area (Å²) in [5, 5.41) is 3.21. The zero-order valence-electron chi connectivity index (χ0n) is 16.8. The van der Waals surface area contributed by atoms with Crippen LogP contribution < -0.4 is 10.9 Å². The zero-order valence-corrected chi connectivity index (χ0v) is 19.0. The van der Waals surface area contributed by atoms with Crippen LogP contribution in [0.4, 0.5) is 10.2 Å². The molecule has 0 spiro atoms. The number of rotatable bonds is 4. The summed E-state index contributed by atoms with van der Waals surface area (Å²) in [7, 11) is 0. The molecule has 1 atom stereocenters. The maximum Gasteiger partial charge on any atom is 0.267 e. The van der Waals surface area contributed by atoms with Gasteiger partial charge >= 0.3 is 0 Å². The van der Waals surface area contributed by atoms with Crippen molar-refractivity contribution in [2.45, 2.75) is 13.0 Å². The van der Waals surface area contributed by atoms with Crippen molar-refractivity contribution >= 4 is 62.7 Å². The summed E-state index contributed by atoms with van der Waals surface area (Å²) in [6.45, 7) is 1.78. The number of nitrogens with one attached hydrogen (secondary N) is 2. The van der Waals surface area contributed by atoms with E-state index in [9.17, 15) is 9.18 Å². The Morgan fingerprint density at radius 3 is 2.61 bits per heavy atom. The van der Waals surface area contributed by atoms with E-state index in [2.05, 4.69) is 30.2 Å². The molecule has 0 aliphatic heterocycles. The van der Waals surface area contributed by atoms with Crippen molar-refractivity contribution in [2.75, 3.05) is 5.32 Å². The second-order valence-electron chi connectivity index (χ2n) is 7.12. The highest BCUT2D eigenvalue weighted by molar-refractivity contribution is 6.38. The van der Waals surface area contributed by atoms with E-state index < -0.39 is 17.4 Å². The zero-order chi connectivity index (χ0) is 23.3. The van der Waals surface area contributed by atoms with Crippen LogP contribution in [0.3, 0.4) is 0 Å². The van der Waals surface area contributed by atoms with E-state index in [1.807, 2.05) is 0 Å². The van der Waals surface area contributed by atoms with Gasteiger partial charge in [0.1, 0.15) is 23.5 Å². The Bertz CT molecular complexity index is 1580. The lowest BCUT2D eigenvalue weighted by molar-refractivity contribution is 0.629. The maximum absolute atomic E-state index is 14.2. The van der Waals surface area contributed by atoms with Crippen molar-refractivity contribution < 1.29 is 4.39 Å². The monoisotopic (exact) mass is 503 g/mol. The lowest BCUT2D eigenvalue weighted by atomic mass is 10.2. The van der Waals surface area contributed by atoms with Crippen LogP contribution in [0.5, 0.6) is 0 Å². The average molecular weight is 505 g/mol. The smallest absolute Gasteiger partial charge is 0.267 e. The van der Waals surface area contributed by atoms with Gasteiger partial charge in [0.25, 0.3) is 5.56 Å². The molecule has 2 aromatic carbocycles. The molecule has 0 amide bonds. The van der Waals surface area contributed by atoms with E-state index in [0.29, 0.717) is 17.0 Å². The molecule has 3 aromatic heterocycles. The highest BCUT2D eigenvalue weighted by Crippen LogP contribution is 2.32. The number of nitrogens with zero attached hydrogens (tertiary/aromatic N) is 5. The van der Waals surface area contributed by atoms with E-state index >= 15 is 0 Å². The average Bonchev–Trinajstić information content (AvgIpc) is 3.27. The van der Waals surface area contributed by atoms with E-state index in [4.69, 9.17) is 34.8 Å². The van der Waals surface area contributed by atoms with Crippen molar-refractivity contribution in [1.82, 2.24) is 29.5 Å². The van der Waals surface area contributed by atoms with Gasteiger partial charge in [-0.3, -0.25) is 9.36 Å². The second-order valence-corrected chi connectivity index (χ2v) is 8.32. The number of hydrogen-bond donors (Lipinski definition) is 2. The molecule has 0 aliphatic carbocycles. The third-order valence-electron chi connectivity index (χ3n) is 5.07. The predicted molar refractivity (Wildman–Crippen MR) is 126 cm³/mol. The largest absolute Gasteiger partial charge is 0.358 e. The quantitative estimate of drug-likeness (QED) is 0.343. The molecule has 1 unspecified atom stereocenters. The minimum absolute atomic E-state index is 0.0830. The molecule has 0 radical (unpaired) electrons. The number of fused-ring (bicyclic) bond motifs is 2. The molecular formula is C21H13Cl3FN7O. The Labute approximate surface area is 200 Å². The molecule has 0 fully saturated rings. The van der Waals surface area contributed by atoms with Gasteiger partial charge in [0.15, 0.2) is 11.5 Å². The Hall–Kier alpha value is -3.27. The molecule has 0 aliphatic rings. The summed E-state index contributed by atoms with van der Waals surface area (Å²) < 4.78 is 15.4. The topological polar surface area (TPSA) is 101 Å². The van der Waals surface area contributed by atoms with Gasteiger partial charge in [-0.25, -0.2) is 24.3 Å². The molecule has 5 aromatic rings. The molecule has 2 N–H and O–H groups in total. The van der Waals surface area contributed by atoms with E-state index in [0.717, 1.165) is 6.07 Å². The van der Waals surface area contributed by atoms with Gasteiger partial charge in [-0.1, -0.05) is 40.9 Å². The molecule has 5 rings (SSSR count). The Morgan fingerprint density at radius 1 is 1.09 bits per heavy atom. The van der Waals surface area contributed by atoms with Crippen LogP contribution in [0.2, 0.25) is 15.1 Å².